The van der Waals surface area contributed by atoms with Crippen molar-refractivity contribution in [3.05, 3.63) is 42.2 Å². The lowest BCUT2D eigenvalue weighted by atomic mass is 10.1. The summed E-state index contributed by atoms with van der Waals surface area (Å²) >= 11 is 0. The predicted molar refractivity (Wildman–Crippen MR) is 105 cm³/mol. The number of rotatable bonds is 8. The van der Waals surface area contributed by atoms with Crippen LogP contribution in [0.1, 0.15) is 31.1 Å². The third-order valence-electron chi connectivity index (χ3n) is 3.79. The number of pyridine rings is 3. The number of aromatic nitrogens is 3. The summed E-state index contributed by atoms with van der Waals surface area (Å²) in [5, 5.41) is 3.91. The molecule has 0 saturated heterocycles. The molecule has 8 nitrogen and oxygen atoms in total. The summed E-state index contributed by atoms with van der Waals surface area (Å²) in [6.07, 6.45) is 3.08. The molecule has 0 bridgehead atoms. The second-order valence-corrected chi connectivity index (χ2v) is 5.66. The Labute approximate surface area is 162 Å². The maximum atomic E-state index is 12.4. The monoisotopic (exact) mass is 382 g/mol. The van der Waals surface area contributed by atoms with Crippen molar-refractivity contribution in [2.45, 2.75) is 20.8 Å². The van der Waals surface area contributed by atoms with Crippen LogP contribution < -0.4 is 14.8 Å². The number of carbonyl (C=O) groups is 1. The summed E-state index contributed by atoms with van der Waals surface area (Å²) in [6, 6.07) is 7.13. The molecule has 1 N–H and O–H groups in total. The van der Waals surface area contributed by atoms with E-state index in [0.29, 0.717) is 52.9 Å². The van der Waals surface area contributed by atoms with Crippen LogP contribution in [0.15, 0.2) is 36.7 Å². The van der Waals surface area contributed by atoms with Gasteiger partial charge in [-0.2, -0.15) is 4.98 Å². The van der Waals surface area contributed by atoms with E-state index >= 15 is 0 Å². The Morgan fingerprint density at radius 1 is 0.929 bits per heavy atom. The molecular weight excluding hydrogens is 360 g/mol. The maximum Gasteiger partial charge on any atom is 0.341 e. The summed E-state index contributed by atoms with van der Waals surface area (Å²) in [6.45, 7) is 6.84. The summed E-state index contributed by atoms with van der Waals surface area (Å²) in [4.78, 5) is 25.4. The summed E-state index contributed by atoms with van der Waals surface area (Å²) in [7, 11) is 0. The van der Waals surface area contributed by atoms with E-state index in [1.165, 1.54) is 6.20 Å². The van der Waals surface area contributed by atoms with Crippen LogP contribution in [0.2, 0.25) is 0 Å². The van der Waals surface area contributed by atoms with Gasteiger partial charge in [0.25, 0.3) is 0 Å². The van der Waals surface area contributed by atoms with Crippen molar-refractivity contribution in [2.24, 2.45) is 0 Å². The molecule has 3 rings (SSSR count). The Hall–Kier alpha value is -3.42. The van der Waals surface area contributed by atoms with E-state index < -0.39 is 5.97 Å². The molecule has 3 heterocycles. The van der Waals surface area contributed by atoms with Crippen molar-refractivity contribution < 1.29 is 19.0 Å². The van der Waals surface area contributed by atoms with Gasteiger partial charge in [0.2, 0.25) is 11.8 Å². The molecule has 0 radical (unpaired) electrons. The van der Waals surface area contributed by atoms with E-state index in [4.69, 9.17) is 14.2 Å². The molecule has 146 valence electrons. The Kier molecular flexibility index (Phi) is 6.21. The minimum absolute atomic E-state index is 0.266. The van der Waals surface area contributed by atoms with Crippen LogP contribution in [0.4, 0.5) is 11.4 Å². The lowest BCUT2D eigenvalue weighted by Gasteiger charge is -2.14. The molecule has 3 aromatic rings. The highest BCUT2D eigenvalue weighted by atomic mass is 16.5. The molecule has 0 aliphatic rings. The summed E-state index contributed by atoms with van der Waals surface area (Å²) in [5.41, 5.74) is 2.01. The molecule has 8 heteroatoms. The SMILES string of the molecule is CCOC(=O)c1cnc2nc(OCC)ccc2c1Nc1ccc(OCC)nc1. The number of ether oxygens (including phenoxy) is 3. The van der Waals surface area contributed by atoms with Gasteiger partial charge in [-0.15, -0.1) is 0 Å². The largest absolute Gasteiger partial charge is 0.478 e. The highest BCUT2D eigenvalue weighted by Crippen LogP contribution is 2.30. The van der Waals surface area contributed by atoms with Crippen molar-refractivity contribution in [3.8, 4) is 11.8 Å². The average Bonchev–Trinajstić information content (AvgIpc) is 2.70. The molecule has 0 aliphatic carbocycles. The standard InChI is InChI=1S/C20H22N4O4/c1-4-26-16-9-7-13(11-21-16)23-18-14-8-10-17(27-5-2)24-19(14)22-12-15(18)20(25)28-6-3/h7-12H,4-6H2,1-3H3,(H,22,23,24). The third kappa shape index (κ3) is 4.28. The van der Waals surface area contributed by atoms with Crippen LogP contribution in [0.3, 0.4) is 0 Å². The van der Waals surface area contributed by atoms with Gasteiger partial charge in [0, 0.05) is 23.7 Å². The quantitative estimate of drug-likeness (QED) is 0.589. The van der Waals surface area contributed by atoms with Crippen LogP contribution in [-0.2, 0) is 4.74 Å². The highest BCUT2D eigenvalue weighted by Gasteiger charge is 2.18. The Morgan fingerprint density at radius 3 is 2.36 bits per heavy atom. The van der Waals surface area contributed by atoms with E-state index in [2.05, 4.69) is 20.3 Å². The normalized spacial score (nSPS) is 10.5. The zero-order valence-electron chi connectivity index (χ0n) is 16.1. The first kappa shape index (κ1) is 19.3. The van der Waals surface area contributed by atoms with Crippen LogP contribution >= 0.6 is 0 Å². The van der Waals surface area contributed by atoms with Crippen LogP contribution in [0.25, 0.3) is 11.0 Å². The Morgan fingerprint density at radius 2 is 1.68 bits per heavy atom. The molecule has 0 atom stereocenters. The molecule has 0 aromatic carbocycles. The van der Waals surface area contributed by atoms with Crippen molar-refractivity contribution in [1.82, 2.24) is 15.0 Å². The molecule has 0 aliphatic heterocycles. The van der Waals surface area contributed by atoms with E-state index in [9.17, 15) is 4.79 Å². The highest BCUT2D eigenvalue weighted by molar-refractivity contribution is 6.05. The van der Waals surface area contributed by atoms with Gasteiger partial charge in [-0.05, 0) is 32.9 Å². The zero-order valence-corrected chi connectivity index (χ0v) is 16.1. The van der Waals surface area contributed by atoms with Crippen molar-refractivity contribution >= 4 is 28.4 Å². The van der Waals surface area contributed by atoms with Gasteiger partial charge in [0.15, 0.2) is 5.65 Å². The molecule has 0 spiro atoms. The minimum atomic E-state index is -0.466. The third-order valence-corrected chi connectivity index (χ3v) is 3.79. The van der Waals surface area contributed by atoms with Gasteiger partial charge in [0.1, 0.15) is 5.56 Å². The van der Waals surface area contributed by atoms with E-state index in [0.717, 1.165) is 0 Å². The smallest absolute Gasteiger partial charge is 0.341 e. The first-order chi connectivity index (χ1) is 13.7. The fourth-order valence-electron chi connectivity index (χ4n) is 2.62. The molecule has 0 amide bonds. The number of hydrogen-bond acceptors (Lipinski definition) is 8. The van der Waals surface area contributed by atoms with Crippen molar-refractivity contribution in [1.29, 1.82) is 0 Å². The number of esters is 1. The van der Waals surface area contributed by atoms with Crippen molar-refractivity contribution in [2.75, 3.05) is 25.1 Å². The van der Waals surface area contributed by atoms with Gasteiger partial charge in [-0.1, -0.05) is 0 Å². The van der Waals surface area contributed by atoms with Gasteiger partial charge in [-0.3, -0.25) is 0 Å². The number of hydrogen-bond donors (Lipinski definition) is 1. The number of nitrogens with one attached hydrogen (secondary N) is 1. The van der Waals surface area contributed by atoms with E-state index in [1.54, 1.807) is 25.3 Å². The van der Waals surface area contributed by atoms with E-state index in [-0.39, 0.29) is 6.61 Å². The molecule has 28 heavy (non-hydrogen) atoms. The molecule has 0 unspecified atom stereocenters. The number of carbonyl (C=O) groups excluding carboxylic acids is 1. The first-order valence-electron chi connectivity index (χ1n) is 9.11. The van der Waals surface area contributed by atoms with Crippen LogP contribution in [-0.4, -0.2) is 40.7 Å². The van der Waals surface area contributed by atoms with Gasteiger partial charge in [0.05, 0.1) is 37.4 Å². The fourth-order valence-corrected chi connectivity index (χ4v) is 2.62. The molecule has 0 saturated carbocycles. The lowest BCUT2D eigenvalue weighted by Crippen LogP contribution is -2.10. The lowest BCUT2D eigenvalue weighted by molar-refractivity contribution is 0.0527. The fraction of sp³-hybridized carbons (Fsp3) is 0.300. The number of nitrogens with zero attached hydrogens (tertiary/aromatic N) is 3. The van der Waals surface area contributed by atoms with Gasteiger partial charge >= 0.3 is 5.97 Å². The number of fused-ring (bicyclic) bond motifs is 1. The second kappa shape index (κ2) is 8.98. The van der Waals surface area contributed by atoms with E-state index in [1.807, 2.05) is 26.0 Å². The van der Waals surface area contributed by atoms with Gasteiger partial charge < -0.3 is 19.5 Å². The molecule has 0 fully saturated rings. The van der Waals surface area contributed by atoms with Crippen molar-refractivity contribution in [3.63, 3.8) is 0 Å². The summed E-state index contributed by atoms with van der Waals surface area (Å²) in [5.74, 6) is 0.536. The average molecular weight is 382 g/mol. The van der Waals surface area contributed by atoms with Crippen LogP contribution in [0, 0.1) is 0 Å². The zero-order chi connectivity index (χ0) is 19.9. The second-order valence-electron chi connectivity index (χ2n) is 5.66. The molecular formula is C20H22N4O4. The summed E-state index contributed by atoms with van der Waals surface area (Å²) < 4.78 is 16.0. The maximum absolute atomic E-state index is 12.4. The minimum Gasteiger partial charge on any atom is -0.478 e. The van der Waals surface area contributed by atoms with Gasteiger partial charge in [-0.25, -0.2) is 14.8 Å². The Balaban J connectivity index is 2.04. The molecule has 3 aromatic heterocycles. The predicted octanol–water partition coefficient (Wildman–Crippen LogP) is 3.74. The topological polar surface area (TPSA) is 95.5 Å². The number of anilines is 2. The van der Waals surface area contributed by atoms with Crippen LogP contribution in [0.5, 0.6) is 11.8 Å². The first-order valence-corrected chi connectivity index (χ1v) is 9.11. The Bertz CT molecular complexity index is 960.